The Bertz CT molecular complexity index is 1060. The van der Waals surface area contributed by atoms with E-state index in [2.05, 4.69) is 0 Å². The van der Waals surface area contributed by atoms with Crippen LogP contribution >= 0.6 is 11.6 Å². The van der Waals surface area contributed by atoms with E-state index in [0.29, 0.717) is 21.8 Å². The van der Waals surface area contributed by atoms with Crippen molar-refractivity contribution in [2.75, 3.05) is 4.90 Å². The van der Waals surface area contributed by atoms with Crippen molar-refractivity contribution in [1.29, 1.82) is 0 Å². The summed E-state index contributed by atoms with van der Waals surface area (Å²) in [6.07, 6.45) is 0. The van der Waals surface area contributed by atoms with E-state index in [1.165, 1.54) is 4.90 Å². The molecule has 1 saturated heterocycles. The number of carbonyl (C=O) groups excluding carboxylic acids is 2. The number of benzene rings is 3. The molecule has 1 N–H and O–H groups in total. The van der Waals surface area contributed by atoms with Crippen LogP contribution < -0.4 is 4.90 Å². The van der Waals surface area contributed by atoms with Gasteiger partial charge in [-0.25, -0.2) is 0 Å². The maximum Gasteiger partial charge on any atom is 0.300 e. The van der Waals surface area contributed by atoms with Gasteiger partial charge in [0.15, 0.2) is 0 Å². The first-order valence-electron chi connectivity index (χ1n) is 8.75. The van der Waals surface area contributed by atoms with Gasteiger partial charge < -0.3 is 5.11 Å². The van der Waals surface area contributed by atoms with Crippen LogP contribution in [0, 0.1) is 0 Å². The summed E-state index contributed by atoms with van der Waals surface area (Å²) in [5, 5.41) is 11.5. The molecule has 1 amide bonds. The molecular weight excluding hydrogens is 374 g/mol. The number of nitrogens with zero attached hydrogens (tertiary/aromatic N) is 1. The van der Waals surface area contributed by atoms with Crippen molar-refractivity contribution in [3.05, 3.63) is 107 Å². The van der Waals surface area contributed by atoms with E-state index in [-0.39, 0.29) is 11.3 Å². The van der Waals surface area contributed by atoms with Crippen molar-refractivity contribution < 1.29 is 14.7 Å². The summed E-state index contributed by atoms with van der Waals surface area (Å²) in [6.45, 7) is 0. The van der Waals surface area contributed by atoms with Crippen LogP contribution in [0.5, 0.6) is 0 Å². The van der Waals surface area contributed by atoms with Crippen LogP contribution in [0.2, 0.25) is 5.02 Å². The molecule has 28 heavy (non-hydrogen) atoms. The number of aliphatic hydroxyl groups is 1. The van der Waals surface area contributed by atoms with Gasteiger partial charge in [-0.15, -0.1) is 0 Å². The minimum Gasteiger partial charge on any atom is -0.507 e. The summed E-state index contributed by atoms with van der Waals surface area (Å²) in [6, 6.07) is 23.9. The number of halogens is 1. The third kappa shape index (κ3) is 3.08. The Hall–Kier alpha value is -3.37. The Morgan fingerprint density at radius 2 is 1.39 bits per heavy atom. The van der Waals surface area contributed by atoms with Gasteiger partial charge in [0, 0.05) is 16.3 Å². The number of hydrogen-bond donors (Lipinski definition) is 1. The summed E-state index contributed by atoms with van der Waals surface area (Å²) >= 11 is 6.02. The van der Waals surface area contributed by atoms with Crippen LogP contribution in [-0.4, -0.2) is 16.8 Å². The molecule has 3 aromatic rings. The number of Topliss-reactive ketones (excluding diaryl/α,β-unsaturated/α-hetero) is 1. The number of amides is 1. The highest BCUT2D eigenvalue weighted by atomic mass is 35.5. The minimum atomic E-state index is -0.750. The molecule has 4 rings (SSSR count). The zero-order chi connectivity index (χ0) is 19.7. The number of aliphatic hydroxyl groups excluding tert-OH is 1. The van der Waals surface area contributed by atoms with E-state index >= 15 is 0 Å². The quantitative estimate of drug-likeness (QED) is 0.391. The van der Waals surface area contributed by atoms with Gasteiger partial charge in [0.1, 0.15) is 5.76 Å². The summed E-state index contributed by atoms with van der Waals surface area (Å²) < 4.78 is 0. The Morgan fingerprint density at radius 1 is 0.821 bits per heavy atom. The molecule has 1 atom stereocenters. The molecule has 5 heteroatoms. The first-order chi connectivity index (χ1) is 13.6. The van der Waals surface area contributed by atoms with Gasteiger partial charge in [0.25, 0.3) is 11.7 Å². The largest absolute Gasteiger partial charge is 0.507 e. The van der Waals surface area contributed by atoms with Crippen molar-refractivity contribution in [2.24, 2.45) is 0 Å². The molecule has 1 aliphatic rings. The molecule has 1 heterocycles. The molecule has 4 nitrogen and oxygen atoms in total. The smallest absolute Gasteiger partial charge is 0.300 e. The van der Waals surface area contributed by atoms with Crippen LogP contribution in [0.3, 0.4) is 0 Å². The molecule has 3 aromatic carbocycles. The Kier molecular flexibility index (Phi) is 4.72. The Labute approximate surface area is 167 Å². The second-order valence-electron chi connectivity index (χ2n) is 6.42. The molecule has 0 spiro atoms. The van der Waals surface area contributed by atoms with Crippen LogP contribution in [0.15, 0.2) is 90.5 Å². The SMILES string of the molecule is O=C1C(=O)N(c2ccccc2)C(c2ccc(Cl)cc2)C1=C(O)c1ccccc1. The first-order valence-corrected chi connectivity index (χ1v) is 9.12. The van der Waals surface area contributed by atoms with Crippen LogP contribution in [0.4, 0.5) is 5.69 Å². The van der Waals surface area contributed by atoms with Gasteiger partial charge in [-0.05, 0) is 29.8 Å². The first kappa shape index (κ1) is 18.0. The number of rotatable bonds is 3. The van der Waals surface area contributed by atoms with Crippen LogP contribution in [0.1, 0.15) is 17.2 Å². The predicted molar refractivity (Wildman–Crippen MR) is 109 cm³/mol. The van der Waals surface area contributed by atoms with E-state index in [9.17, 15) is 14.7 Å². The molecule has 0 radical (unpaired) electrons. The number of anilines is 1. The summed E-state index contributed by atoms with van der Waals surface area (Å²) in [4.78, 5) is 27.2. The Morgan fingerprint density at radius 3 is 2.00 bits per heavy atom. The molecule has 0 bridgehead atoms. The zero-order valence-electron chi connectivity index (χ0n) is 14.7. The summed E-state index contributed by atoms with van der Waals surface area (Å²) in [5.41, 5.74) is 1.80. The second kappa shape index (κ2) is 7.33. The molecule has 1 fully saturated rings. The Balaban J connectivity index is 1.95. The molecular formula is C23H16ClNO3. The average Bonchev–Trinajstić information content (AvgIpc) is 3.00. The lowest BCUT2D eigenvalue weighted by atomic mass is 9.95. The van der Waals surface area contributed by atoms with E-state index in [4.69, 9.17) is 11.6 Å². The summed E-state index contributed by atoms with van der Waals surface area (Å²) in [7, 11) is 0. The minimum absolute atomic E-state index is 0.0578. The third-order valence-corrected chi connectivity index (χ3v) is 4.96. The maximum atomic E-state index is 12.9. The lowest BCUT2D eigenvalue weighted by molar-refractivity contribution is -0.132. The zero-order valence-corrected chi connectivity index (χ0v) is 15.5. The van der Waals surface area contributed by atoms with Crippen molar-refractivity contribution in [2.45, 2.75) is 6.04 Å². The van der Waals surface area contributed by atoms with E-state index in [1.54, 1.807) is 72.8 Å². The number of ketones is 1. The fraction of sp³-hybridized carbons (Fsp3) is 0.0435. The fourth-order valence-corrected chi connectivity index (χ4v) is 3.53. The van der Waals surface area contributed by atoms with Crippen molar-refractivity contribution in [1.82, 2.24) is 0 Å². The standard InChI is InChI=1S/C23H16ClNO3/c24-17-13-11-15(12-14-17)20-19(21(26)16-7-3-1-4-8-16)22(27)23(28)25(20)18-9-5-2-6-10-18/h1-14,20,26H. The molecule has 1 unspecified atom stereocenters. The van der Waals surface area contributed by atoms with Crippen LogP contribution in [-0.2, 0) is 9.59 Å². The number of carbonyl (C=O) groups is 2. The number of para-hydroxylation sites is 1. The van der Waals surface area contributed by atoms with Gasteiger partial charge in [-0.3, -0.25) is 14.5 Å². The van der Waals surface area contributed by atoms with Crippen molar-refractivity contribution in [3.8, 4) is 0 Å². The van der Waals surface area contributed by atoms with E-state index in [1.807, 2.05) is 12.1 Å². The average molecular weight is 390 g/mol. The van der Waals surface area contributed by atoms with Crippen molar-refractivity contribution >= 4 is 34.7 Å². The maximum absolute atomic E-state index is 12.9. The van der Waals surface area contributed by atoms with Gasteiger partial charge >= 0.3 is 0 Å². The highest BCUT2D eigenvalue weighted by Crippen LogP contribution is 2.42. The topological polar surface area (TPSA) is 57.6 Å². The van der Waals surface area contributed by atoms with E-state index < -0.39 is 17.7 Å². The normalized spacial score (nSPS) is 18.5. The third-order valence-electron chi connectivity index (χ3n) is 4.71. The highest BCUT2D eigenvalue weighted by molar-refractivity contribution is 6.51. The second-order valence-corrected chi connectivity index (χ2v) is 6.86. The monoisotopic (exact) mass is 389 g/mol. The van der Waals surface area contributed by atoms with Gasteiger partial charge in [0.2, 0.25) is 0 Å². The van der Waals surface area contributed by atoms with Crippen molar-refractivity contribution in [3.63, 3.8) is 0 Å². The lowest BCUT2D eigenvalue weighted by Gasteiger charge is -2.25. The summed E-state index contributed by atoms with van der Waals surface area (Å²) in [5.74, 6) is -1.59. The predicted octanol–water partition coefficient (Wildman–Crippen LogP) is 4.97. The fourth-order valence-electron chi connectivity index (χ4n) is 3.40. The van der Waals surface area contributed by atoms with Gasteiger partial charge in [-0.1, -0.05) is 72.3 Å². The molecule has 0 aromatic heterocycles. The molecule has 0 aliphatic carbocycles. The molecule has 1 aliphatic heterocycles. The van der Waals surface area contributed by atoms with Gasteiger partial charge in [-0.2, -0.15) is 0 Å². The highest BCUT2D eigenvalue weighted by Gasteiger charge is 2.46. The lowest BCUT2D eigenvalue weighted by Crippen LogP contribution is -2.29. The number of hydrogen-bond acceptors (Lipinski definition) is 3. The van der Waals surface area contributed by atoms with Crippen LogP contribution in [0.25, 0.3) is 5.76 Å². The van der Waals surface area contributed by atoms with E-state index in [0.717, 1.165) is 0 Å². The molecule has 0 saturated carbocycles. The van der Waals surface area contributed by atoms with Gasteiger partial charge in [0.05, 0.1) is 11.6 Å². The molecule has 138 valence electrons.